The maximum absolute atomic E-state index is 11.2. The summed E-state index contributed by atoms with van der Waals surface area (Å²) in [6.45, 7) is 1.54. The molecular weight excluding hydrogens is 405 g/mol. The van der Waals surface area contributed by atoms with Crippen LogP contribution in [0.25, 0.3) is 0 Å². The van der Waals surface area contributed by atoms with Crippen LogP contribution in [0.15, 0.2) is 24.5 Å². The molecule has 0 radical (unpaired) electrons. The molecule has 0 aliphatic heterocycles. The quantitative estimate of drug-likeness (QED) is 0.322. The average molecular weight is 413 g/mol. The highest BCUT2D eigenvalue weighted by atomic mass is 19.4. The normalized spacial score (nSPS) is 11.2. The second kappa shape index (κ2) is 10.4. The number of aldehydes is 1. The van der Waals surface area contributed by atoms with Crippen molar-refractivity contribution in [3.63, 3.8) is 0 Å². The van der Waals surface area contributed by atoms with Crippen molar-refractivity contribution in [2.45, 2.75) is 25.5 Å². The van der Waals surface area contributed by atoms with Crippen LogP contribution in [-0.2, 0) is 14.4 Å². The van der Waals surface area contributed by atoms with Gasteiger partial charge in [0.05, 0.1) is 0 Å². The summed E-state index contributed by atoms with van der Waals surface area (Å²) in [6, 6.07) is 3.39. The highest BCUT2D eigenvalue weighted by molar-refractivity contribution is 6.41. The predicted octanol–water partition coefficient (Wildman–Crippen LogP) is 3.28. The summed E-state index contributed by atoms with van der Waals surface area (Å²) in [4.78, 5) is 42.3. The van der Waals surface area contributed by atoms with Crippen LogP contribution in [0.5, 0.6) is 0 Å². The number of rotatable bonds is 2. The van der Waals surface area contributed by atoms with E-state index in [0.717, 1.165) is 0 Å². The van der Waals surface area contributed by atoms with E-state index in [9.17, 15) is 53.9 Å². The fraction of sp³-hybridized carbons (Fsp3) is 0.308. The Morgan fingerprint density at radius 3 is 1.26 bits per heavy atom. The van der Waals surface area contributed by atoms with Gasteiger partial charge in [-0.3, -0.25) is 24.2 Å². The molecule has 14 heteroatoms. The molecule has 0 aliphatic rings. The lowest BCUT2D eigenvalue weighted by molar-refractivity contribution is -0.193. The number of ketones is 3. The van der Waals surface area contributed by atoms with Crippen molar-refractivity contribution in [1.82, 2.24) is 4.98 Å². The zero-order valence-corrected chi connectivity index (χ0v) is 12.9. The summed E-state index contributed by atoms with van der Waals surface area (Å²) in [5.41, 5.74) is 0.713. The van der Waals surface area contributed by atoms with E-state index in [4.69, 9.17) is 4.79 Å². The van der Waals surface area contributed by atoms with Crippen LogP contribution in [0.4, 0.5) is 39.5 Å². The van der Waals surface area contributed by atoms with E-state index in [2.05, 4.69) is 4.98 Å². The standard InChI is InChI=1S/C7H7NO.C4F6O2.C2HF3O/c1-6(9)7-2-4-8-5-3-7;5-3(6,7)1(11)2(12)4(8,9)10;3-2(4,5)1-6/h2-5H,1H3;;1H. The molecule has 0 amide bonds. The van der Waals surface area contributed by atoms with E-state index in [1.165, 1.54) is 6.92 Å². The second-order valence-electron chi connectivity index (χ2n) is 4.11. The number of aromatic nitrogens is 1. The first kappa shape index (κ1) is 26.4. The minimum atomic E-state index is -5.77. The molecule has 152 valence electrons. The minimum absolute atomic E-state index is 0.0809. The van der Waals surface area contributed by atoms with Gasteiger partial charge in [-0.05, 0) is 19.1 Å². The van der Waals surface area contributed by atoms with Gasteiger partial charge >= 0.3 is 30.1 Å². The summed E-state index contributed by atoms with van der Waals surface area (Å²) < 4.78 is 98.2. The van der Waals surface area contributed by atoms with E-state index in [-0.39, 0.29) is 5.78 Å². The summed E-state index contributed by atoms with van der Waals surface area (Å²) in [5, 5.41) is 0. The van der Waals surface area contributed by atoms with E-state index < -0.39 is 36.4 Å². The molecule has 0 spiro atoms. The van der Waals surface area contributed by atoms with Crippen LogP contribution in [0.3, 0.4) is 0 Å². The molecule has 0 saturated heterocycles. The monoisotopic (exact) mass is 413 g/mol. The highest BCUT2D eigenvalue weighted by Gasteiger charge is 2.54. The number of pyridine rings is 1. The SMILES string of the molecule is CC(=O)c1ccncc1.O=C(C(=O)C(F)(F)F)C(F)(F)F.O=CC(F)(F)F. The lowest BCUT2D eigenvalue weighted by Crippen LogP contribution is -2.39. The Bertz CT molecular complexity index is 624. The van der Waals surface area contributed by atoms with Gasteiger partial charge in [0.25, 0.3) is 0 Å². The van der Waals surface area contributed by atoms with Crippen molar-refractivity contribution in [3.05, 3.63) is 30.1 Å². The largest absolute Gasteiger partial charge is 0.458 e. The molecule has 0 fully saturated rings. The van der Waals surface area contributed by atoms with Gasteiger partial charge in [0.15, 0.2) is 5.78 Å². The first-order valence-electron chi connectivity index (χ1n) is 6.10. The zero-order valence-electron chi connectivity index (χ0n) is 12.9. The molecular formula is C13H8F9NO4. The zero-order chi connectivity index (χ0) is 22.1. The topological polar surface area (TPSA) is 81.2 Å². The lowest BCUT2D eigenvalue weighted by Gasteiger charge is -2.05. The van der Waals surface area contributed by atoms with Crippen molar-refractivity contribution in [2.75, 3.05) is 0 Å². The maximum atomic E-state index is 11.2. The third-order valence-corrected chi connectivity index (χ3v) is 1.94. The molecule has 1 heterocycles. The summed E-state index contributed by atoms with van der Waals surface area (Å²) in [7, 11) is 0. The Kier molecular flexibility index (Phi) is 10.2. The van der Waals surface area contributed by atoms with E-state index >= 15 is 0 Å². The lowest BCUT2D eigenvalue weighted by atomic mass is 10.2. The van der Waals surface area contributed by atoms with Gasteiger partial charge in [-0.25, -0.2) is 0 Å². The summed E-state index contributed by atoms with van der Waals surface area (Å²) in [6.07, 6.45) is -14.0. The molecule has 0 aromatic carbocycles. The molecule has 1 rings (SSSR count). The van der Waals surface area contributed by atoms with Crippen LogP contribution in [0, 0.1) is 0 Å². The van der Waals surface area contributed by atoms with E-state index in [1.807, 2.05) is 0 Å². The molecule has 0 saturated carbocycles. The van der Waals surface area contributed by atoms with Gasteiger partial charge in [-0.2, -0.15) is 39.5 Å². The van der Waals surface area contributed by atoms with Crippen LogP contribution >= 0.6 is 0 Å². The first-order chi connectivity index (χ1) is 11.9. The third kappa shape index (κ3) is 13.1. The molecule has 0 N–H and O–H groups in total. The van der Waals surface area contributed by atoms with Gasteiger partial charge < -0.3 is 0 Å². The Morgan fingerprint density at radius 2 is 1.11 bits per heavy atom. The molecule has 0 aliphatic carbocycles. The van der Waals surface area contributed by atoms with Crippen molar-refractivity contribution in [3.8, 4) is 0 Å². The Labute approximate surface area is 144 Å². The van der Waals surface area contributed by atoms with Gasteiger partial charge in [-0.1, -0.05) is 0 Å². The number of nitrogens with zero attached hydrogens (tertiary/aromatic N) is 1. The molecule has 5 nitrogen and oxygen atoms in total. The second-order valence-corrected chi connectivity index (χ2v) is 4.11. The summed E-state index contributed by atoms with van der Waals surface area (Å²) >= 11 is 0. The van der Waals surface area contributed by atoms with Crippen LogP contribution in [0.1, 0.15) is 17.3 Å². The Hall–Kier alpha value is -2.80. The van der Waals surface area contributed by atoms with Gasteiger partial charge in [0.1, 0.15) is 0 Å². The molecule has 27 heavy (non-hydrogen) atoms. The number of carbonyl (C=O) groups excluding carboxylic acids is 4. The molecule has 0 atom stereocenters. The fourth-order valence-corrected chi connectivity index (χ4v) is 0.844. The Morgan fingerprint density at radius 1 is 0.815 bits per heavy atom. The van der Waals surface area contributed by atoms with Crippen molar-refractivity contribution < 1.29 is 58.7 Å². The number of hydrogen-bond donors (Lipinski definition) is 0. The van der Waals surface area contributed by atoms with Gasteiger partial charge in [0, 0.05) is 18.0 Å². The average Bonchev–Trinajstić information content (AvgIpc) is 2.53. The molecule has 1 aromatic rings. The summed E-state index contributed by atoms with van der Waals surface area (Å²) in [5.74, 6) is -6.73. The van der Waals surface area contributed by atoms with E-state index in [0.29, 0.717) is 5.56 Å². The van der Waals surface area contributed by atoms with Crippen molar-refractivity contribution in [1.29, 1.82) is 0 Å². The van der Waals surface area contributed by atoms with Gasteiger partial charge in [0.2, 0.25) is 6.29 Å². The number of hydrogen-bond acceptors (Lipinski definition) is 5. The Balaban J connectivity index is 0. The van der Waals surface area contributed by atoms with Crippen molar-refractivity contribution in [2.24, 2.45) is 0 Å². The van der Waals surface area contributed by atoms with E-state index in [1.54, 1.807) is 24.5 Å². The number of alkyl halides is 9. The predicted molar refractivity (Wildman–Crippen MR) is 68.5 cm³/mol. The first-order valence-corrected chi connectivity index (χ1v) is 6.10. The van der Waals surface area contributed by atoms with Crippen LogP contribution in [-0.4, -0.2) is 47.1 Å². The molecule has 0 bridgehead atoms. The smallest absolute Gasteiger partial charge is 0.295 e. The fourth-order valence-electron chi connectivity index (χ4n) is 0.844. The highest BCUT2D eigenvalue weighted by Crippen LogP contribution is 2.23. The molecule has 1 aromatic heterocycles. The molecule has 0 unspecified atom stereocenters. The maximum Gasteiger partial charge on any atom is 0.458 e. The van der Waals surface area contributed by atoms with Gasteiger partial charge in [-0.15, -0.1) is 0 Å². The number of halogens is 9. The number of Topliss-reactive ketones (excluding diaryl/α,β-unsaturated/α-hetero) is 3. The van der Waals surface area contributed by atoms with Crippen LogP contribution in [0.2, 0.25) is 0 Å². The minimum Gasteiger partial charge on any atom is -0.295 e. The third-order valence-electron chi connectivity index (χ3n) is 1.94. The van der Waals surface area contributed by atoms with Crippen LogP contribution < -0.4 is 0 Å². The number of carbonyl (C=O) groups is 4. The van der Waals surface area contributed by atoms with Crippen molar-refractivity contribution >= 4 is 23.6 Å².